The quantitative estimate of drug-likeness (QED) is 0.829. The third kappa shape index (κ3) is 3.24. The summed E-state index contributed by atoms with van der Waals surface area (Å²) in [7, 11) is 0. The number of rotatable bonds is 5. The first kappa shape index (κ1) is 14.3. The minimum absolute atomic E-state index is 0.500. The zero-order valence-electron chi connectivity index (χ0n) is 11.7. The van der Waals surface area contributed by atoms with E-state index in [0.717, 1.165) is 25.1 Å². The number of nitrogens with zero attached hydrogens (tertiary/aromatic N) is 3. The summed E-state index contributed by atoms with van der Waals surface area (Å²) in [6.07, 6.45) is 4.11. The van der Waals surface area contributed by atoms with Crippen LogP contribution >= 0.6 is 15.9 Å². The molecule has 19 heavy (non-hydrogen) atoms. The van der Waals surface area contributed by atoms with Crippen molar-refractivity contribution in [3.8, 4) is 0 Å². The van der Waals surface area contributed by atoms with E-state index < -0.39 is 0 Å². The number of hydrogen-bond donors (Lipinski definition) is 0. The fourth-order valence-corrected chi connectivity index (χ4v) is 2.76. The Labute approximate surface area is 123 Å². The van der Waals surface area contributed by atoms with Gasteiger partial charge >= 0.3 is 0 Å². The maximum absolute atomic E-state index is 4.25. The Hall–Kier alpha value is -1.16. The van der Waals surface area contributed by atoms with Crippen LogP contribution in [0.15, 0.2) is 28.9 Å². The molecule has 0 radical (unpaired) electrons. The van der Waals surface area contributed by atoms with E-state index in [1.54, 1.807) is 0 Å². The van der Waals surface area contributed by atoms with Gasteiger partial charge in [0.1, 0.15) is 0 Å². The molecule has 1 heterocycles. The number of hydrogen-bond acceptors (Lipinski definition) is 2. The van der Waals surface area contributed by atoms with Crippen LogP contribution in [0.1, 0.15) is 43.0 Å². The largest absolute Gasteiger partial charge is 0.253 e. The Balaban J connectivity index is 2.22. The zero-order chi connectivity index (χ0) is 13.8. The average Bonchev–Trinajstić information content (AvgIpc) is 2.87. The van der Waals surface area contributed by atoms with Crippen molar-refractivity contribution in [1.29, 1.82) is 0 Å². The van der Waals surface area contributed by atoms with Crippen LogP contribution in [0.2, 0.25) is 0 Å². The molecule has 0 aliphatic rings. The van der Waals surface area contributed by atoms with Crippen molar-refractivity contribution in [3.63, 3.8) is 0 Å². The lowest BCUT2D eigenvalue weighted by atomic mass is 9.89. The molecule has 0 aliphatic heterocycles. The topological polar surface area (TPSA) is 30.7 Å². The van der Waals surface area contributed by atoms with Gasteiger partial charge in [0.15, 0.2) is 0 Å². The van der Waals surface area contributed by atoms with Crippen LogP contribution in [-0.4, -0.2) is 15.0 Å². The molecule has 0 bridgehead atoms. The predicted molar refractivity (Wildman–Crippen MR) is 81.3 cm³/mol. The van der Waals surface area contributed by atoms with Gasteiger partial charge in [0.25, 0.3) is 0 Å². The van der Waals surface area contributed by atoms with Gasteiger partial charge in [-0.15, -0.1) is 5.10 Å². The van der Waals surface area contributed by atoms with Crippen molar-refractivity contribution in [2.75, 3.05) is 0 Å². The molecule has 1 aromatic carbocycles. The van der Waals surface area contributed by atoms with Gasteiger partial charge in [-0.3, -0.25) is 4.68 Å². The maximum Gasteiger partial charge on any atom is 0.0833 e. The lowest BCUT2D eigenvalue weighted by Crippen LogP contribution is -2.04. The Morgan fingerprint density at radius 3 is 2.74 bits per heavy atom. The molecule has 4 heteroatoms. The zero-order valence-corrected chi connectivity index (χ0v) is 13.3. The number of halogens is 1. The van der Waals surface area contributed by atoms with Crippen LogP contribution in [0.25, 0.3) is 0 Å². The maximum atomic E-state index is 4.25. The fraction of sp³-hybridized carbons (Fsp3) is 0.467. The highest BCUT2D eigenvalue weighted by Gasteiger charge is 2.15. The number of aromatic nitrogens is 3. The van der Waals surface area contributed by atoms with E-state index >= 15 is 0 Å². The minimum atomic E-state index is 0.500. The van der Waals surface area contributed by atoms with Gasteiger partial charge in [-0.25, -0.2) is 0 Å². The minimum Gasteiger partial charge on any atom is -0.253 e. The average molecular weight is 322 g/mol. The molecule has 0 saturated carbocycles. The molecule has 1 atom stereocenters. The molecule has 0 saturated heterocycles. The van der Waals surface area contributed by atoms with Crippen LogP contribution in [0, 0.1) is 6.92 Å². The third-order valence-electron chi connectivity index (χ3n) is 3.61. The normalized spacial score (nSPS) is 12.6. The Bertz CT molecular complexity index is 548. The molecule has 102 valence electrons. The van der Waals surface area contributed by atoms with Crippen molar-refractivity contribution >= 4 is 15.9 Å². The van der Waals surface area contributed by atoms with Crippen molar-refractivity contribution in [2.45, 2.75) is 46.1 Å². The van der Waals surface area contributed by atoms with Crippen LogP contribution in [-0.2, 0) is 13.0 Å². The number of aryl methyl sites for hydroxylation is 1. The molecular weight excluding hydrogens is 302 g/mol. The van der Waals surface area contributed by atoms with Gasteiger partial charge in [0, 0.05) is 17.2 Å². The van der Waals surface area contributed by atoms with Crippen LogP contribution < -0.4 is 0 Å². The summed E-state index contributed by atoms with van der Waals surface area (Å²) in [5, 5.41) is 8.37. The highest BCUT2D eigenvalue weighted by Crippen LogP contribution is 2.30. The molecular formula is C15H20BrN3. The SMILES string of the molecule is CCC(Cc1cn(CC)nn1)c1cccc(Br)c1C. The van der Waals surface area contributed by atoms with E-state index in [9.17, 15) is 0 Å². The van der Waals surface area contributed by atoms with E-state index in [0.29, 0.717) is 5.92 Å². The molecule has 0 spiro atoms. The first-order chi connectivity index (χ1) is 9.15. The van der Waals surface area contributed by atoms with Gasteiger partial charge in [-0.05, 0) is 49.8 Å². The van der Waals surface area contributed by atoms with E-state index in [1.807, 2.05) is 4.68 Å². The molecule has 1 unspecified atom stereocenters. The highest BCUT2D eigenvalue weighted by atomic mass is 79.9. The lowest BCUT2D eigenvalue weighted by Gasteiger charge is -2.17. The first-order valence-electron chi connectivity index (χ1n) is 6.79. The van der Waals surface area contributed by atoms with Gasteiger partial charge < -0.3 is 0 Å². The number of benzene rings is 1. The summed E-state index contributed by atoms with van der Waals surface area (Å²) in [6, 6.07) is 6.43. The molecule has 3 nitrogen and oxygen atoms in total. The lowest BCUT2D eigenvalue weighted by molar-refractivity contribution is 0.624. The molecule has 0 aliphatic carbocycles. The smallest absolute Gasteiger partial charge is 0.0833 e. The van der Waals surface area contributed by atoms with Crippen molar-refractivity contribution in [3.05, 3.63) is 45.7 Å². The first-order valence-corrected chi connectivity index (χ1v) is 7.59. The van der Waals surface area contributed by atoms with Crippen LogP contribution in [0.3, 0.4) is 0 Å². The molecule has 1 aromatic heterocycles. The van der Waals surface area contributed by atoms with E-state index in [2.05, 4.69) is 71.4 Å². The van der Waals surface area contributed by atoms with Crippen LogP contribution in [0.5, 0.6) is 0 Å². The summed E-state index contributed by atoms with van der Waals surface area (Å²) in [6.45, 7) is 7.36. The van der Waals surface area contributed by atoms with Crippen molar-refractivity contribution < 1.29 is 0 Å². The molecule has 0 N–H and O–H groups in total. The monoisotopic (exact) mass is 321 g/mol. The summed E-state index contributed by atoms with van der Waals surface area (Å²) < 4.78 is 3.07. The summed E-state index contributed by atoms with van der Waals surface area (Å²) >= 11 is 3.61. The molecule has 2 rings (SSSR count). The summed E-state index contributed by atoms with van der Waals surface area (Å²) in [5.41, 5.74) is 3.81. The Morgan fingerprint density at radius 1 is 1.32 bits per heavy atom. The van der Waals surface area contributed by atoms with Crippen molar-refractivity contribution in [1.82, 2.24) is 15.0 Å². The summed E-state index contributed by atoms with van der Waals surface area (Å²) in [4.78, 5) is 0. The molecule has 2 aromatic rings. The Morgan fingerprint density at radius 2 is 2.11 bits per heavy atom. The second-order valence-corrected chi connectivity index (χ2v) is 5.68. The van der Waals surface area contributed by atoms with Gasteiger partial charge in [0.2, 0.25) is 0 Å². The van der Waals surface area contributed by atoms with Gasteiger partial charge in [-0.1, -0.05) is 40.2 Å². The van der Waals surface area contributed by atoms with E-state index in [1.165, 1.54) is 15.6 Å². The predicted octanol–water partition coefficient (Wildman–Crippen LogP) is 4.11. The second kappa shape index (κ2) is 6.33. The standard InChI is InChI=1S/C15H20BrN3/c1-4-12(9-13-10-19(5-2)18-17-13)14-7-6-8-15(16)11(14)3/h6-8,10,12H,4-5,9H2,1-3H3. The Kier molecular flexibility index (Phi) is 4.75. The van der Waals surface area contributed by atoms with Gasteiger partial charge in [-0.2, -0.15) is 0 Å². The van der Waals surface area contributed by atoms with E-state index in [-0.39, 0.29) is 0 Å². The van der Waals surface area contributed by atoms with E-state index in [4.69, 9.17) is 0 Å². The highest BCUT2D eigenvalue weighted by molar-refractivity contribution is 9.10. The second-order valence-electron chi connectivity index (χ2n) is 4.83. The summed E-state index contributed by atoms with van der Waals surface area (Å²) in [5.74, 6) is 0.500. The van der Waals surface area contributed by atoms with Gasteiger partial charge in [0.05, 0.1) is 5.69 Å². The van der Waals surface area contributed by atoms with Crippen molar-refractivity contribution in [2.24, 2.45) is 0 Å². The molecule has 0 fully saturated rings. The van der Waals surface area contributed by atoms with Crippen LogP contribution in [0.4, 0.5) is 0 Å². The molecule has 0 amide bonds. The fourth-order valence-electron chi connectivity index (χ4n) is 2.38. The third-order valence-corrected chi connectivity index (χ3v) is 4.47.